The molecule has 142 valence electrons. The summed E-state index contributed by atoms with van der Waals surface area (Å²) in [5.41, 5.74) is 0.850. The second-order valence-corrected chi connectivity index (χ2v) is 11.8. The zero-order valence-corrected chi connectivity index (χ0v) is 19.2. The molecule has 0 saturated heterocycles. The molecule has 0 saturated carbocycles. The molecule has 1 aromatic rings. The van der Waals surface area contributed by atoms with Crippen LogP contribution in [0.25, 0.3) is 6.08 Å². The minimum atomic E-state index is -2.04. The first-order valence-electron chi connectivity index (χ1n) is 6.70. The molecule has 2 rings (SSSR count). The molecule has 0 fully saturated rings. The van der Waals surface area contributed by atoms with Crippen LogP contribution in [0.1, 0.15) is 5.56 Å². The molecule has 0 amide bonds. The van der Waals surface area contributed by atoms with Gasteiger partial charge in [-0.15, -0.1) is 0 Å². The van der Waals surface area contributed by atoms with E-state index < -0.39 is 17.7 Å². The first-order valence-corrected chi connectivity index (χ1v) is 10.1. The average Bonchev–Trinajstić information content (AvgIpc) is 2.50. The van der Waals surface area contributed by atoms with E-state index in [2.05, 4.69) is 9.98 Å². The highest BCUT2D eigenvalue weighted by Crippen LogP contribution is 2.45. The Balaban J connectivity index is 2.56. The van der Waals surface area contributed by atoms with E-state index in [9.17, 15) is 0 Å². The van der Waals surface area contributed by atoms with Crippen LogP contribution in [0.5, 0.6) is 0 Å². The van der Waals surface area contributed by atoms with Gasteiger partial charge in [0, 0.05) is 0 Å². The molecule has 1 aromatic carbocycles. The van der Waals surface area contributed by atoms with E-state index in [-0.39, 0.29) is 11.7 Å². The van der Waals surface area contributed by atoms with Crippen LogP contribution in [0.4, 0.5) is 0 Å². The van der Waals surface area contributed by atoms with Gasteiger partial charge in [-0.2, -0.15) is 0 Å². The van der Waals surface area contributed by atoms with Crippen molar-refractivity contribution >= 4 is 122 Å². The number of hydrogen-bond donors (Lipinski definition) is 0. The molecule has 0 N–H and O–H groups in total. The lowest BCUT2D eigenvalue weighted by molar-refractivity contribution is 0.320. The summed E-state index contributed by atoms with van der Waals surface area (Å²) in [7, 11) is 0. The van der Waals surface area contributed by atoms with E-state index in [1.807, 2.05) is 30.3 Å². The average molecular weight is 537 g/mol. The number of amidine groups is 2. The van der Waals surface area contributed by atoms with Crippen molar-refractivity contribution in [3.8, 4) is 0 Å². The molecule has 1 aliphatic heterocycles. The fourth-order valence-electron chi connectivity index (χ4n) is 1.97. The monoisotopic (exact) mass is 533 g/mol. The van der Waals surface area contributed by atoms with Gasteiger partial charge in [0.25, 0.3) is 3.92 Å². The molecular formula is C14H8Cl9N3. The highest BCUT2D eigenvalue weighted by Gasteiger charge is 2.50. The van der Waals surface area contributed by atoms with Gasteiger partial charge in [0.15, 0.2) is 12.0 Å². The Labute approximate surface area is 195 Å². The highest BCUT2D eigenvalue weighted by molar-refractivity contribution is 6.77. The molecule has 1 atom stereocenters. The van der Waals surface area contributed by atoms with E-state index in [0.717, 1.165) is 10.5 Å². The van der Waals surface area contributed by atoms with E-state index in [0.29, 0.717) is 0 Å². The molecule has 0 aliphatic carbocycles. The van der Waals surface area contributed by atoms with Crippen molar-refractivity contribution < 1.29 is 0 Å². The number of halogens is 9. The van der Waals surface area contributed by atoms with Crippen molar-refractivity contribution in [3.05, 3.63) is 42.0 Å². The highest BCUT2D eigenvalue weighted by atomic mass is 35.6. The lowest BCUT2D eigenvalue weighted by atomic mass is 10.2. The summed E-state index contributed by atoms with van der Waals surface area (Å²) in [6, 6.07) is 9.29. The van der Waals surface area contributed by atoms with Crippen LogP contribution in [-0.2, 0) is 0 Å². The summed E-state index contributed by atoms with van der Waals surface area (Å²) in [4.78, 5) is 9.30. The normalized spacial score (nSPS) is 19.6. The minimum Gasteiger partial charge on any atom is -0.285 e. The van der Waals surface area contributed by atoms with Crippen molar-refractivity contribution in [1.29, 1.82) is 0 Å². The van der Waals surface area contributed by atoms with Crippen LogP contribution >= 0.6 is 104 Å². The Morgan fingerprint density at radius 3 is 1.88 bits per heavy atom. The maximum atomic E-state index is 6.05. The van der Waals surface area contributed by atoms with Crippen LogP contribution in [0.15, 0.2) is 46.4 Å². The first-order chi connectivity index (χ1) is 11.8. The maximum absolute atomic E-state index is 6.05. The summed E-state index contributed by atoms with van der Waals surface area (Å²) in [6.07, 6.45) is 1.93. The summed E-state index contributed by atoms with van der Waals surface area (Å²) >= 11 is 53.9. The Morgan fingerprint density at radius 1 is 0.846 bits per heavy atom. The largest absolute Gasteiger partial charge is 0.285 e. The standard InChI is InChI=1S/C14H8Cl9N3/c15-12(16,17)10-24-9(7-6-8-4-2-1-3-5-8)26(14(21,22)23)11(25-10)13(18,19)20/h1-7,11H. The first kappa shape index (κ1) is 23.0. The third kappa shape index (κ3) is 6.10. The molecule has 26 heavy (non-hydrogen) atoms. The van der Waals surface area contributed by atoms with Gasteiger partial charge in [-0.1, -0.05) is 141 Å². The third-order valence-corrected chi connectivity index (χ3v) is 4.64. The van der Waals surface area contributed by atoms with Crippen LogP contribution in [0, 0.1) is 0 Å². The molecule has 3 nitrogen and oxygen atoms in total. The maximum Gasteiger partial charge on any atom is 0.271 e. The lowest BCUT2D eigenvalue weighted by Crippen LogP contribution is -2.55. The zero-order valence-electron chi connectivity index (χ0n) is 12.4. The smallest absolute Gasteiger partial charge is 0.271 e. The number of benzene rings is 1. The van der Waals surface area contributed by atoms with Gasteiger partial charge in [0.1, 0.15) is 5.84 Å². The molecule has 1 heterocycles. The van der Waals surface area contributed by atoms with E-state index in [1.54, 1.807) is 6.08 Å². The lowest BCUT2D eigenvalue weighted by Gasteiger charge is -2.41. The number of rotatable bonds is 2. The summed E-state index contributed by atoms with van der Waals surface area (Å²) in [5.74, 6) is -0.126. The Kier molecular flexibility index (Phi) is 7.61. The summed E-state index contributed by atoms with van der Waals surface area (Å²) in [6.45, 7) is 0. The summed E-state index contributed by atoms with van der Waals surface area (Å²) < 4.78 is -6.02. The predicted octanol–water partition coefficient (Wildman–Crippen LogP) is 7.21. The molecule has 0 spiro atoms. The van der Waals surface area contributed by atoms with Crippen molar-refractivity contribution in [2.75, 3.05) is 0 Å². The second kappa shape index (κ2) is 8.61. The molecule has 0 bridgehead atoms. The predicted molar refractivity (Wildman–Crippen MR) is 117 cm³/mol. The summed E-state index contributed by atoms with van der Waals surface area (Å²) in [5, 5.41) is 0. The van der Waals surface area contributed by atoms with Gasteiger partial charge >= 0.3 is 0 Å². The number of nitrogens with zero attached hydrogens (tertiary/aromatic N) is 3. The Hall–Kier alpha value is 0.710. The van der Waals surface area contributed by atoms with Crippen molar-refractivity contribution in [2.45, 2.75) is 17.7 Å². The topological polar surface area (TPSA) is 28.0 Å². The quantitative estimate of drug-likeness (QED) is 0.290. The fraction of sp³-hybridized carbons (Fsp3) is 0.286. The Bertz CT molecular complexity index is 727. The van der Waals surface area contributed by atoms with Gasteiger partial charge in [-0.05, 0) is 11.6 Å². The van der Waals surface area contributed by atoms with Gasteiger partial charge in [0.2, 0.25) is 7.59 Å². The van der Waals surface area contributed by atoms with Crippen LogP contribution in [0.2, 0.25) is 0 Å². The number of alkyl halides is 9. The number of aliphatic imine (C=N–C) groups is 2. The van der Waals surface area contributed by atoms with Gasteiger partial charge in [-0.3, -0.25) is 4.90 Å². The Morgan fingerprint density at radius 2 is 1.42 bits per heavy atom. The molecular weight excluding hydrogens is 529 g/mol. The molecule has 1 unspecified atom stereocenters. The van der Waals surface area contributed by atoms with Crippen molar-refractivity contribution in [2.24, 2.45) is 9.98 Å². The van der Waals surface area contributed by atoms with Gasteiger partial charge in [0.05, 0.1) is 0 Å². The van der Waals surface area contributed by atoms with E-state index in [4.69, 9.17) is 104 Å². The van der Waals surface area contributed by atoms with Crippen molar-refractivity contribution in [3.63, 3.8) is 0 Å². The zero-order chi connectivity index (χ0) is 19.8. The SMILES string of the molecule is ClC(Cl)(Cl)C1=NC(C(Cl)(Cl)Cl)N(C(Cl)(Cl)Cl)C(C=Cc2ccccc2)=N1. The van der Waals surface area contributed by atoms with Crippen LogP contribution < -0.4 is 0 Å². The van der Waals surface area contributed by atoms with Crippen LogP contribution in [-0.4, -0.2) is 34.2 Å². The molecule has 0 aromatic heterocycles. The van der Waals surface area contributed by atoms with E-state index >= 15 is 0 Å². The minimum absolute atomic E-state index is 0.0847. The van der Waals surface area contributed by atoms with Crippen molar-refractivity contribution in [1.82, 2.24) is 4.90 Å². The third-order valence-electron chi connectivity index (χ3n) is 3.00. The fourth-order valence-corrected chi connectivity index (χ4v) is 3.22. The van der Waals surface area contributed by atoms with Crippen LogP contribution in [0.3, 0.4) is 0 Å². The molecule has 0 radical (unpaired) electrons. The van der Waals surface area contributed by atoms with E-state index in [1.165, 1.54) is 6.08 Å². The molecule has 12 heteroatoms. The van der Waals surface area contributed by atoms with Gasteiger partial charge < -0.3 is 0 Å². The number of hydrogen-bond acceptors (Lipinski definition) is 3. The second-order valence-electron chi connectivity index (χ2n) is 4.92. The van der Waals surface area contributed by atoms with Gasteiger partial charge in [-0.25, -0.2) is 9.98 Å². The molecule has 1 aliphatic rings.